The maximum absolute atomic E-state index is 13.4. The first-order valence-corrected chi connectivity index (χ1v) is 9.38. The zero-order chi connectivity index (χ0) is 19.2. The highest BCUT2D eigenvalue weighted by atomic mass is 32.1. The summed E-state index contributed by atoms with van der Waals surface area (Å²) in [7, 11) is 0. The predicted octanol–water partition coefficient (Wildman–Crippen LogP) is 3.73. The van der Waals surface area contributed by atoms with Gasteiger partial charge in [-0.05, 0) is 47.6 Å². The third-order valence-corrected chi connectivity index (χ3v) is 5.14. The largest absolute Gasteiger partial charge is 0.359 e. The van der Waals surface area contributed by atoms with Crippen LogP contribution in [0.5, 0.6) is 0 Å². The van der Waals surface area contributed by atoms with Gasteiger partial charge in [0.25, 0.3) is 0 Å². The van der Waals surface area contributed by atoms with E-state index in [4.69, 9.17) is 12.2 Å². The Labute approximate surface area is 164 Å². The first-order chi connectivity index (χ1) is 13.1. The maximum Gasteiger partial charge on any atom is 0.169 e. The standard InChI is InChI=1S/C21H23F2N3S/c1-2-11-24-21(27)26-14-12-25(13-15-26)20(16-3-7-18(22)8-4-16)17-5-9-19(23)10-6-17/h2-10,20H,1,11-15H2,(H,24,27). The molecular weight excluding hydrogens is 364 g/mol. The van der Waals surface area contributed by atoms with Gasteiger partial charge in [-0.2, -0.15) is 0 Å². The second-order valence-electron chi connectivity index (χ2n) is 6.50. The molecule has 0 atom stereocenters. The van der Waals surface area contributed by atoms with Crippen LogP contribution in [0.4, 0.5) is 8.78 Å². The number of hydrogen-bond acceptors (Lipinski definition) is 2. The summed E-state index contributed by atoms with van der Waals surface area (Å²) < 4.78 is 26.8. The molecule has 0 bridgehead atoms. The highest BCUT2D eigenvalue weighted by molar-refractivity contribution is 7.80. The normalized spacial score (nSPS) is 15.0. The molecule has 1 fully saturated rings. The zero-order valence-electron chi connectivity index (χ0n) is 15.1. The lowest BCUT2D eigenvalue weighted by Crippen LogP contribution is -2.52. The quantitative estimate of drug-likeness (QED) is 0.622. The summed E-state index contributed by atoms with van der Waals surface area (Å²) in [6.07, 6.45) is 1.78. The molecule has 1 aliphatic rings. The fourth-order valence-electron chi connectivity index (χ4n) is 3.36. The Morgan fingerprint density at radius 1 is 0.963 bits per heavy atom. The summed E-state index contributed by atoms with van der Waals surface area (Å²) in [5.41, 5.74) is 1.98. The summed E-state index contributed by atoms with van der Waals surface area (Å²) in [5.74, 6) is -0.528. The lowest BCUT2D eigenvalue weighted by atomic mass is 9.96. The van der Waals surface area contributed by atoms with Crippen LogP contribution in [0.2, 0.25) is 0 Å². The van der Waals surface area contributed by atoms with E-state index in [0.29, 0.717) is 6.54 Å². The average molecular weight is 387 g/mol. The second-order valence-corrected chi connectivity index (χ2v) is 6.89. The van der Waals surface area contributed by atoms with Gasteiger partial charge in [0.15, 0.2) is 5.11 Å². The minimum atomic E-state index is -0.264. The number of nitrogens with zero attached hydrogens (tertiary/aromatic N) is 2. The minimum Gasteiger partial charge on any atom is -0.359 e. The Kier molecular flexibility index (Phi) is 6.53. The molecule has 0 aliphatic carbocycles. The number of hydrogen-bond donors (Lipinski definition) is 1. The number of rotatable bonds is 5. The molecule has 3 nitrogen and oxygen atoms in total. The highest BCUT2D eigenvalue weighted by Crippen LogP contribution is 2.30. The SMILES string of the molecule is C=CCNC(=S)N1CCN(C(c2ccc(F)cc2)c2ccc(F)cc2)CC1. The smallest absolute Gasteiger partial charge is 0.169 e. The minimum absolute atomic E-state index is 0.0527. The van der Waals surface area contributed by atoms with E-state index in [1.54, 1.807) is 30.3 Å². The molecule has 0 spiro atoms. The van der Waals surface area contributed by atoms with E-state index >= 15 is 0 Å². The first kappa shape index (κ1) is 19.5. The van der Waals surface area contributed by atoms with Crippen molar-refractivity contribution < 1.29 is 8.78 Å². The van der Waals surface area contributed by atoms with Crippen LogP contribution in [0.3, 0.4) is 0 Å². The summed E-state index contributed by atoms with van der Waals surface area (Å²) >= 11 is 5.42. The Bertz CT molecular complexity index is 724. The maximum atomic E-state index is 13.4. The van der Waals surface area contributed by atoms with E-state index in [2.05, 4.69) is 21.7 Å². The molecule has 6 heteroatoms. The summed E-state index contributed by atoms with van der Waals surface area (Å²) in [6.45, 7) is 7.52. The second kappa shape index (κ2) is 9.06. The lowest BCUT2D eigenvalue weighted by Gasteiger charge is -2.40. The molecule has 1 aliphatic heterocycles. The van der Waals surface area contributed by atoms with Crippen LogP contribution in [-0.4, -0.2) is 47.6 Å². The molecule has 0 unspecified atom stereocenters. The molecule has 1 N–H and O–H groups in total. The molecule has 142 valence electrons. The van der Waals surface area contributed by atoms with Crippen molar-refractivity contribution in [2.45, 2.75) is 6.04 Å². The van der Waals surface area contributed by atoms with Gasteiger partial charge < -0.3 is 10.2 Å². The monoisotopic (exact) mass is 387 g/mol. The Morgan fingerprint density at radius 2 is 1.44 bits per heavy atom. The van der Waals surface area contributed by atoms with Gasteiger partial charge in [0, 0.05) is 32.7 Å². The summed E-state index contributed by atoms with van der Waals surface area (Å²) in [4.78, 5) is 4.47. The molecule has 1 saturated heterocycles. The van der Waals surface area contributed by atoms with Crippen molar-refractivity contribution in [2.75, 3.05) is 32.7 Å². The third-order valence-electron chi connectivity index (χ3n) is 4.74. The summed E-state index contributed by atoms with van der Waals surface area (Å²) in [5, 5.41) is 3.89. The van der Waals surface area contributed by atoms with Gasteiger partial charge in [-0.3, -0.25) is 4.90 Å². The van der Waals surface area contributed by atoms with E-state index in [1.165, 1.54) is 24.3 Å². The molecule has 0 radical (unpaired) electrons. The van der Waals surface area contributed by atoms with Crippen molar-refractivity contribution in [1.29, 1.82) is 0 Å². The molecule has 0 saturated carbocycles. The van der Waals surface area contributed by atoms with Gasteiger partial charge in [0.1, 0.15) is 11.6 Å². The van der Waals surface area contributed by atoms with Crippen LogP contribution in [0, 0.1) is 11.6 Å². The van der Waals surface area contributed by atoms with Gasteiger partial charge in [-0.25, -0.2) is 8.78 Å². The van der Waals surface area contributed by atoms with E-state index in [0.717, 1.165) is 42.4 Å². The van der Waals surface area contributed by atoms with Crippen molar-refractivity contribution in [2.24, 2.45) is 0 Å². The molecule has 0 amide bonds. The van der Waals surface area contributed by atoms with Crippen molar-refractivity contribution in [3.05, 3.63) is 83.9 Å². The molecule has 0 aromatic heterocycles. The van der Waals surface area contributed by atoms with Crippen LogP contribution >= 0.6 is 12.2 Å². The molecule has 27 heavy (non-hydrogen) atoms. The number of thiocarbonyl (C=S) groups is 1. The fraction of sp³-hybridized carbons (Fsp3) is 0.286. The summed E-state index contributed by atoms with van der Waals surface area (Å²) in [6, 6.07) is 13.0. The van der Waals surface area contributed by atoms with E-state index in [9.17, 15) is 8.78 Å². The van der Waals surface area contributed by atoms with Gasteiger partial charge in [-0.1, -0.05) is 30.3 Å². The van der Waals surface area contributed by atoms with Crippen LogP contribution in [-0.2, 0) is 0 Å². The highest BCUT2D eigenvalue weighted by Gasteiger charge is 2.27. The molecule has 3 rings (SSSR count). The Hall–Kier alpha value is -2.31. The molecule has 2 aromatic carbocycles. The molecular formula is C21H23F2N3S. The van der Waals surface area contributed by atoms with Gasteiger partial charge in [0.05, 0.1) is 6.04 Å². The number of halogens is 2. The van der Waals surface area contributed by atoms with E-state index in [-0.39, 0.29) is 17.7 Å². The first-order valence-electron chi connectivity index (χ1n) is 8.97. The lowest BCUT2D eigenvalue weighted by molar-refractivity contribution is 0.149. The Morgan fingerprint density at radius 3 is 1.89 bits per heavy atom. The van der Waals surface area contributed by atoms with Crippen molar-refractivity contribution in [3.8, 4) is 0 Å². The third kappa shape index (κ3) is 4.90. The van der Waals surface area contributed by atoms with E-state index < -0.39 is 0 Å². The predicted molar refractivity (Wildman–Crippen MR) is 109 cm³/mol. The van der Waals surface area contributed by atoms with Crippen LogP contribution in [0.1, 0.15) is 17.2 Å². The topological polar surface area (TPSA) is 18.5 Å². The van der Waals surface area contributed by atoms with E-state index in [1.807, 2.05) is 0 Å². The van der Waals surface area contributed by atoms with Crippen LogP contribution in [0.25, 0.3) is 0 Å². The molecule has 2 aromatic rings. The van der Waals surface area contributed by atoms with Crippen LogP contribution < -0.4 is 5.32 Å². The van der Waals surface area contributed by atoms with Gasteiger partial charge in [-0.15, -0.1) is 6.58 Å². The number of nitrogens with one attached hydrogen (secondary N) is 1. The van der Waals surface area contributed by atoms with Crippen molar-refractivity contribution >= 4 is 17.3 Å². The van der Waals surface area contributed by atoms with Gasteiger partial charge in [0.2, 0.25) is 0 Å². The Balaban J connectivity index is 1.78. The number of benzene rings is 2. The number of piperazine rings is 1. The van der Waals surface area contributed by atoms with Crippen LogP contribution in [0.15, 0.2) is 61.2 Å². The average Bonchev–Trinajstić information content (AvgIpc) is 2.70. The van der Waals surface area contributed by atoms with Crippen molar-refractivity contribution in [1.82, 2.24) is 15.1 Å². The zero-order valence-corrected chi connectivity index (χ0v) is 15.9. The van der Waals surface area contributed by atoms with Crippen molar-refractivity contribution in [3.63, 3.8) is 0 Å². The molecule has 1 heterocycles. The fourth-order valence-corrected chi connectivity index (χ4v) is 3.62. The van der Waals surface area contributed by atoms with Gasteiger partial charge >= 0.3 is 0 Å².